The van der Waals surface area contributed by atoms with Crippen molar-refractivity contribution in [1.29, 1.82) is 0 Å². The highest BCUT2D eigenvalue weighted by Crippen LogP contribution is 2.81. The van der Waals surface area contributed by atoms with Crippen molar-refractivity contribution < 1.29 is 54.0 Å². The van der Waals surface area contributed by atoms with E-state index in [2.05, 4.69) is 0 Å². The van der Waals surface area contributed by atoms with Crippen LogP contribution in [0.25, 0.3) is 0 Å². The summed E-state index contributed by atoms with van der Waals surface area (Å²) in [6.45, 7) is 0.977. The molecule has 0 spiro atoms. The highest BCUT2D eigenvalue weighted by molar-refractivity contribution is 5.89. The van der Waals surface area contributed by atoms with Gasteiger partial charge in [-0.15, -0.1) is 0 Å². The lowest BCUT2D eigenvalue weighted by Gasteiger charge is -2.67. The standard InChI is InChI=1S/C23H28O11/c1-20-9-22(29)13-7-23(20,21(13,10-24)19(33-20)34-22)32-18-16(27)15(26)14(25)12(31-18)8-30-17(28)11-5-3-2-4-6-11/h2-6,12-16,18-19,24-27,29H,7-10H2,1H3. The zero-order chi connectivity index (χ0) is 24.1. The molecule has 7 aliphatic rings. The second-order valence-electron chi connectivity index (χ2n) is 10.2. The van der Waals surface area contributed by atoms with Crippen molar-refractivity contribution in [2.75, 3.05) is 13.2 Å². The van der Waals surface area contributed by atoms with Crippen LogP contribution in [0.15, 0.2) is 30.3 Å². The van der Waals surface area contributed by atoms with Gasteiger partial charge in [0.05, 0.1) is 17.6 Å². The minimum Gasteiger partial charge on any atom is -0.459 e. The van der Waals surface area contributed by atoms with E-state index in [1.165, 1.54) is 0 Å². The molecule has 11 atom stereocenters. The Balaban J connectivity index is 1.22. The van der Waals surface area contributed by atoms with Crippen molar-refractivity contribution in [2.45, 2.75) is 73.8 Å². The zero-order valence-corrected chi connectivity index (χ0v) is 18.4. The van der Waals surface area contributed by atoms with Crippen molar-refractivity contribution >= 4 is 5.97 Å². The molecule has 5 N–H and O–H groups in total. The molecule has 186 valence electrons. The molecule has 4 saturated heterocycles. The average Bonchev–Trinajstić information content (AvgIpc) is 3.00. The van der Waals surface area contributed by atoms with E-state index in [9.17, 15) is 30.3 Å². The molecule has 3 aliphatic carbocycles. The van der Waals surface area contributed by atoms with E-state index in [1.807, 2.05) is 0 Å². The number of carbonyl (C=O) groups excluding carboxylic acids is 1. The lowest BCUT2D eigenvalue weighted by Crippen LogP contribution is -2.80. The Morgan fingerprint density at radius 2 is 1.85 bits per heavy atom. The van der Waals surface area contributed by atoms with Crippen LogP contribution in [0.5, 0.6) is 0 Å². The molecule has 0 aromatic heterocycles. The Kier molecular flexibility index (Phi) is 4.81. The van der Waals surface area contributed by atoms with Crippen LogP contribution in [0.1, 0.15) is 30.1 Å². The molecule has 4 heterocycles. The molecule has 11 heteroatoms. The molecule has 0 radical (unpaired) electrons. The van der Waals surface area contributed by atoms with E-state index < -0.39 is 77.9 Å². The largest absolute Gasteiger partial charge is 0.459 e. The van der Waals surface area contributed by atoms with Crippen molar-refractivity contribution in [2.24, 2.45) is 11.3 Å². The lowest BCUT2D eigenvalue weighted by molar-refractivity contribution is -0.424. The Labute approximate surface area is 194 Å². The Hall–Kier alpha value is -1.67. The molecule has 8 rings (SSSR count). The van der Waals surface area contributed by atoms with Gasteiger partial charge in [-0.1, -0.05) is 18.2 Å². The summed E-state index contributed by atoms with van der Waals surface area (Å²) in [5.74, 6) is -2.49. The van der Waals surface area contributed by atoms with E-state index in [-0.39, 0.29) is 19.4 Å². The number of aliphatic hydroxyl groups excluding tert-OH is 4. The maximum atomic E-state index is 12.3. The summed E-state index contributed by atoms with van der Waals surface area (Å²) in [6, 6.07) is 8.27. The van der Waals surface area contributed by atoms with Crippen LogP contribution in [0.2, 0.25) is 0 Å². The van der Waals surface area contributed by atoms with E-state index in [1.54, 1.807) is 37.3 Å². The molecule has 11 unspecified atom stereocenters. The first kappa shape index (κ1) is 22.8. The summed E-state index contributed by atoms with van der Waals surface area (Å²) >= 11 is 0. The molecule has 1 aromatic carbocycles. The summed E-state index contributed by atoms with van der Waals surface area (Å²) in [5, 5.41) is 52.9. The molecule has 7 fully saturated rings. The van der Waals surface area contributed by atoms with Gasteiger partial charge in [0.2, 0.25) is 0 Å². The van der Waals surface area contributed by atoms with E-state index >= 15 is 0 Å². The summed E-state index contributed by atoms with van der Waals surface area (Å²) in [6.07, 6.45) is -7.90. The highest BCUT2D eigenvalue weighted by Gasteiger charge is 2.94. The van der Waals surface area contributed by atoms with Crippen LogP contribution in [0, 0.1) is 11.3 Å². The number of rotatable bonds is 6. The molecule has 3 saturated carbocycles. The Morgan fingerprint density at radius 1 is 1.12 bits per heavy atom. The minimum atomic E-state index is -1.64. The van der Waals surface area contributed by atoms with E-state index in [0.717, 1.165) is 0 Å². The topological polar surface area (TPSA) is 164 Å². The molecular formula is C23H28O11. The zero-order valence-electron chi connectivity index (χ0n) is 18.4. The predicted molar refractivity (Wildman–Crippen MR) is 109 cm³/mol. The maximum Gasteiger partial charge on any atom is 0.338 e. The van der Waals surface area contributed by atoms with Crippen molar-refractivity contribution in [3.05, 3.63) is 35.9 Å². The maximum absolute atomic E-state index is 12.3. The third-order valence-electron chi connectivity index (χ3n) is 8.59. The quantitative estimate of drug-likeness (QED) is 0.306. The summed E-state index contributed by atoms with van der Waals surface area (Å²) in [5.41, 5.74) is -2.95. The molecule has 34 heavy (non-hydrogen) atoms. The molecule has 1 aromatic rings. The highest BCUT2D eigenvalue weighted by atomic mass is 16.8. The fraction of sp³-hybridized carbons (Fsp3) is 0.696. The van der Waals surface area contributed by atoms with Gasteiger partial charge in [-0.3, -0.25) is 0 Å². The van der Waals surface area contributed by atoms with Gasteiger partial charge in [0, 0.05) is 12.3 Å². The molecular weight excluding hydrogens is 452 g/mol. The lowest BCUT2D eigenvalue weighted by atomic mass is 9.41. The first-order chi connectivity index (χ1) is 16.1. The first-order valence-corrected chi connectivity index (χ1v) is 11.4. The molecule has 11 nitrogen and oxygen atoms in total. The summed E-state index contributed by atoms with van der Waals surface area (Å²) < 4.78 is 29.1. The number of hydrogen-bond acceptors (Lipinski definition) is 11. The number of aliphatic hydroxyl groups is 5. The number of ether oxygens (including phenoxy) is 5. The summed E-state index contributed by atoms with van der Waals surface area (Å²) in [7, 11) is 0. The Morgan fingerprint density at radius 3 is 2.56 bits per heavy atom. The van der Waals surface area contributed by atoms with Gasteiger partial charge < -0.3 is 49.2 Å². The predicted octanol–water partition coefficient (Wildman–Crippen LogP) is -1.36. The van der Waals surface area contributed by atoms with Gasteiger partial charge in [0.1, 0.15) is 42.2 Å². The van der Waals surface area contributed by atoms with Gasteiger partial charge >= 0.3 is 5.97 Å². The third kappa shape index (κ3) is 2.59. The van der Waals surface area contributed by atoms with E-state index in [0.29, 0.717) is 5.56 Å². The van der Waals surface area contributed by atoms with Crippen LogP contribution in [0.4, 0.5) is 0 Å². The first-order valence-electron chi connectivity index (χ1n) is 11.4. The minimum absolute atomic E-state index is 0.106. The van der Waals surface area contributed by atoms with Gasteiger partial charge in [-0.25, -0.2) is 4.79 Å². The number of hydrogen-bond donors (Lipinski definition) is 5. The normalized spacial score (nSPS) is 52.5. The SMILES string of the molecule is CC12CC3(O)OC(O1)C1(CO)C3CC21OC1OC(COC(=O)c2ccccc2)C(O)C(O)C1O. The fourth-order valence-corrected chi connectivity index (χ4v) is 6.86. The number of benzene rings is 1. The van der Waals surface area contributed by atoms with Crippen LogP contribution >= 0.6 is 0 Å². The second kappa shape index (κ2) is 7.19. The number of esters is 1. The average molecular weight is 480 g/mol. The van der Waals surface area contributed by atoms with Crippen LogP contribution in [-0.4, -0.2) is 98.7 Å². The monoisotopic (exact) mass is 480 g/mol. The molecule has 0 amide bonds. The molecule has 6 bridgehead atoms. The van der Waals surface area contributed by atoms with Crippen molar-refractivity contribution in [1.82, 2.24) is 0 Å². The van der Waals surface area contributed by atoms with E-state index in [4.69, 9.17) is 23.7 Å². The van der Waals surface area contributed by atoms with Crippen LogP contribution < -0.4 is 0 Å². The second-order valence-corrected chi connectivity index (χ2v) is 10.2. The smallest absolute Gasteiger partial charge is 0.338 e. The van der Waals surface area contributed by atoms with Gasteiger partial charge in [0.15, 0.2) is 18.4 Å². The van der Waals surface area contributed by atoms with Crippen molar-refractivity contribution in [3.8, 4) is 0 Å². The Bertz CT molecular complexity index is 990. The van der Waals surface area contributed by atoms with Crippen LogP contribution in [0.3, 0.4) is 0 Å². The summed E-state index contributed by atoms with van der Waals surface area (Å²) in [4.78, 5) is 12.3. The van der Waals surface area contributed by atoms with Gasteiger partial charge in [-0.05, 0) is 25.5 Å². The fourth-order valence-electron chi connectivity index (χ4n) is 6.86. The number of carbonyl (C=O) groups is 1. The van der Waals surface area contributed by atoms with Gasteiger partial charge in [-0.2, -0.15) is 0 Å². The third-order valence-corrected chi connectivity index (χ3v) is 8.59. The van der Waals surface area contributed by atoms with Gasteiger partial charge in [0.25, 0.3) is 0 Å². The van der Waals surface area contributed by atoms with Crippen molar-refractivity contribution in [3.63, 3.8) is 0 Å². The van der Waals surface area contributed by atoms with Crippen LogP contribution in [-0.2, 0) is 23.7 Å². The molecule has 4 aliphatic heterocycles.